The Labute approximate surface area is 167 Å². The van der Waals surface area contributed by atoms with Crippen LogP contribution in [0.4, 0.5) is 5.69 Å². The fraction of sp³-hybridized carbons (Fsp3) is 0.0952. The average molecular weight is 390 g/mol. The zero-order valence-electron chi connectivity index (χ0n) is 15.6. The van der Waals surface area contributed by atoms with Crippen molar-refractivity contribution in [2.45, 2.75) is 6.54 Å². The molecule has 29 heavy (non-hydrogen) atoms. The first-order valence-corrected chi connectivity index (χ1v) is 8.68. The van der Waals surface area contributed by atoms with Crippen molar-refractivity contribution in [1.29, 1.82) is 0 Å². The van der Waals surface area contributed by atoms with E-state index in [2.05, 4.69) is 25.3 Å². The van der Waals surface area contributed by atoms with Crippen LogP contribution in [0.15, 0.2) is 67.3 Å². The molecule has 0 unspecified atom stereocenters. The van der Waals surface area contributed by atoms with E-state index in [-0.39, 0.29) is 17.0 Å². The van der Waals surface area contributed by atoms with Crippen molar-refractivity contribution in [3.8, 4) is 0 Å². The summed E-state index contributed by atoms with van der Waals surface area (Å²) < 4.78 is 4.67. The van der Waals surface area contributed by atoms with Crippen LogP contribution in [0.1, 0.15) is 36.6 Å². The van der Waals surface area contributed by atoms with E-state index in [1.165, 1.54) is 31.6 Å². The summed E-state index contributed by atoms with van der Waals surface area (Å²) in [6.07, 6.45) is 6.05. The van der Waals surface area contributed by atoms with Crippen LogP contribution in [-0.2, 0) is 11.3 Å². The minimum atomic E-state index is -0.505. The standard InChI is InChI=1S/C21H18N4O4/c1-29-21(28)15-5-2-6-18(9-15)25-20(27)17-8-16(12-23-13-17)19(26)24-11-14-4-3-7-22-10-14/h2-10,12-13H,11H2,1H3,(H,24,26)(H,25,27). The van der Waals surface area contributed by atoms with Gasteiger partial charge in [-0.3, -0.25) is 19.6 Å². The summed E-state index contributed by atoms with van der Waals surface area (Å²) in [4.78, 5) is 44.4. The van der Waals surface area contributed by atoms with E-state index in [1.54, 1.807) is 36.7 Å². The van der Waals surface area contributed by atoms with Crippen molar-refractivity contribution in [3.05, 3.63) is 89.5 Å². The minimum Gasteiger partial charge on any atom is -0.465 e. The largest absolute Gasteiger partial charge is 0.465 e. The fourth-order valence-electron chi connectivity index (χ4n) is 2.52. The number of esters is 1. The number of carbonyl (C=O) groups is 3. The topological polar surface area (TPSA) is 110 Å². The summed E-state index contributed by atoms with van der Waals surface area (Å²) in [5.41, 5.74) is 2.05. The number of pyridine rings is 2. The van der Waals surface area contributed by atoms with Gasteiger partial charge in [0.2, 0.25) is 0 Å². The normalized spacial score (nSPS) is 10.1. The molecule has 0 radical (unpaired) electrons. The monoisotopic (exact) mass is 390 g/mol. The average Bonchev–Trinajstić information content (AvgIpc) is 2.77. The van der Waals surface area contributed by atoms with Crippen molar-refractivity contribution in [2.24, 2.45) is 0 Å². The SMILES string of the molecule is COC(=O)c1cccc(NC(=O)c2cncc(C(=O)NCc3cccnc3)c2)c1. The molecule has 0 saturated heterocycles. The predicted octanol–water partition coefficient (Wildman–Crippen LogP) is 2.45. The number of methoxy groups -OCH3 is 1. The fourth-order valence-corrected chi connectivity index (χ4v) is 2.52. The first-order valence-electron chi connectivity index (χ1n) is 8.68. The van der Waals surface area contributed by atoms with Gasteiger partial charge in [0.25, 0.3) is 11.8 Å². The van der Waals surface area contributed by atoms with Crippen molar-refractivity contribution < 1.29 is 19.1 Å². The highest BCUT2D eigenvalue weighted by Gasteiger charge is 2.13. The molecular formula is C21H18N4O4. The Bertz CT molecular complexity index is 1040. The summed E-state index contributed by atoms with van der Waals surface area (Å²) in [6, 6.07) is 11.4. The summed E-state index contributed by atoms with van der Waals surface area (Å²) in [6.45, 7) is 0.309. The van der Waals surface area contributed by atoms with Crippen LogP contribution in [0.5, 0.6) is 0 Å². The van der Waals surface area contributed by atoms with E-state index in [4.69, 9.17) is 0 Å². The maximum atomic E-state index is 12.5. The summed E-state index contributed by atoms with van der Waals surface area (Å²) in [5, 5.41) is 5.43. The molecule has 8 heteroatoms. The molecule has 0 atom stereocenters. The van der Waals surface area contributed by atoms with Crippen molar-refractivity contribution >= 4 is 23.5 Å². The van der Waals surface area contributed by atoms with Crippen LogP contribution in [0.25, 0.3) is 0 Å². The second kappa shape index (κ2) is 9.23. The molecule has 0 aliphatic heterocycles. The van der Waals surface area contributed by atoms with Gasteiger partial charge in [-0.05, 0) is 35.9 Å². The molecular weight excluding hydrogens is 372 g/mol. The highest BCUT2D eigenvalue weighted by atomic mass is 16.5. The Hall–Kier alpha value is -4.07. The van der Waals surface area contributed by atoms with Gasteiger partial charge in [-0.2, -0.15) is 0 Å². The van der Waals surface area contributed by atoms with E-state index in [9.17, 15) is 14.4 Å². The van der Waals surface area contributed by atoms with Gasteiger partial charge in [0.05, 0.1) is 23.8 Å². The number of amides is 2. The molecule has 0 bridgehead atoms. The van der Waals surface area contributed by atoms with Crippen LogP contribution in [0.2, 0.25) is 0 Å². The zero-order valence-corrected chi connectivity index (χ0v) is 15.6. The number of aromatic nitrogens is 2. The number of anilines is 1. The molecule has 2 N–H and O–H groups in total. The Balaban J connectivity index is 1.67. The number of hydrogen-bond donors (Lipinski definition) is 2. The van der Waals surface area contributed by atoms with Crippen LogP contribution in [0.3, 0.4) is 0 Å². The third-order valence-corrected chi connectivity index (χ3v) is 3.98. The summed E-state index contributed by atoms with van der Waals surface area (Å²) >= 11 is 0. The van der Waals surface area contributed by atoms with Gasteiger partial charge >= 0.3 is 5.97 Å². The number of rotatable bonds is 6. The van der Waals surface area contributed by atoms with E-state index >= 15 is 0 Å². The van der Waals surface area contributed by atoms with E-state index in [0.29, 0.717) is 17.8 Å². The first-order chi connectivity index (χ1) is 14.1. The Morgan fingerprint density at radius 1 is 0.897 bits per heavy atom. The number of carbonyl (C=O) groups excluding carboxylic acids is 3. The van der Waals surface area contributed by atoms with Crippen molar-refractivity contribution in [1.82, 2.24) is 15.3 Å². The molecule has 0 aliphatic carbocycles. The molecule has 0 aliphatic rings. The maximum absolute atomic E-state index is 12.5. The second-order valence-electron chi connectivity index (χ2n) is 6.03. The summed E-state index contributed by atoms with van der Waals surface area (Å²) in [5.74, 6) is -1.32. The third kappa shape index (κ3) is 5.23. The Morgan fingerprint density at radius 2 is 1.69 bits per heavy atom. The molecule has 0 spiro atoms. The number of nitrogens with zero attached hydrogens (tertiary/aromatic N) is 2. The van der Waals surface area contributed by atoms with Crippen molar-refractivity contribution in [2.75, 3.05) is 12.4 Å². The van der Waals surface area contributed by atoms with Crippen LogP contribution in [0, 0.1) is 0 Å². The molecule has 1 aromatic carbocycles. The van der Waals surface area contributed by atoms with Gasteiger partial charge in [-0.1, -0.05) is 12.1 Å². The maximum Gasteiger partial charge on any atom is 0.337 e. The van der Waals surface area contributed by atoms with Gasteiger partial charge < -0.3 is 15.4 Å². The zero-order chi connectivity index (χ0) is 20.6. The molecule has 2 aromatic heterocycles. The number of hydrogen-bond acceptors (Lipinski definition) is 6. The minimum absolute atomic E-state index is 0.211. The third-order valence-electron chi connectivity index (χ3n) is 3.98. The Morgan fingerprint density at radius 3 is 2.41 bits per heavy atom. The number of nitrogens with one attached hydrogen (secondary N) is 2. The van der Waals surface area contributed by atoms with E-state index < -0.39 is 11.9 Å². The highest BCUT2D eigenvalue weighted by molar-refractivity contribution is 6.06. The molecule has 146 valence electrons. The molecule has 8 nitrogen and oxygen atoms in total. The van der Waals surface area contributed by atoms with Gasteiger partial charge in [0.15, 0.2) is 0 Å². The predicted molar refractivity (Wildman–Crippen MR) is 105 cm³/mol. The van der Waals surface area contributed by atoms with Crippen LogP contribution in [-0.4, -0.2) is 34.9 Å². The lowest BCUT2D eigenvalue weighted by atomic mass is 10.1. The summed E-state index contributed by atoms with van der Waals surface area (Å²) in [7, 11) is 1.28. The van der Waals surface area contributed by atoms with Gasteiger partial charge in [0, 0.05) is 37.0 Å². The number of ether oxygens (including phenoxy) is 1. The molecule has 2 amide bonds. The van der Waals surface area contributed by atoms with E-state index in [0.717, 1.165) is 5.56 Å². The van der Waals surface area contributed by atoms with Gasteiger partial charge in [-0.25, -0.2) is 4.79 Å². The van der Waals surface area contributed by atoms with E-state index in [1.807, 2.05) is 6.07 Å². The lowest BCUT2D eigenvalue weighted by molar-refractivity contribution is 0.0600. The molecule has 0 fully saturated rings. The molecule has 0 saturated carbocycles. The van der Waals surface area contributed by atoms with Crippen LogP contribution >= 0.6 is 0 Å². The van der Waals surface area contributed by atoms with Crippen molar-refractivity contribution in [3.63, 3.8) is 0 Å². The van der Waals surface area contributed by atoms with Crippen LogP contribution < -0.4 is 10.6 Å². The second-order valence-corrected chi connectivity index (χ2v) is 6.03. The molecule has 3 rings (SSSR count). The lowest BCUT2D eigenvalue weighted by Crippen LogP contribution is -2.23. The van der Waals surface area contributed by atoms with Gasteiger partial charge in [0.1, 0.15) is 0 Å². The Kier molecular flexibility index (Phi) is 6.26. The number of benzene rings is 1. The lowest BCUT2D eigenvalue weighted by Gasteiger charge is -2.08. The molecule has 3 aromatic rings. The first kappa shape index (κ1) is 19.7. The molecule has 2 heterocycles. The van der Waals surface area contributed by atoms with Gasteiger partial charge in [-0.15, -0.1) is 0 Å². The smallest absolute Gasteiger partial charge is 0.337 e. The highest BCUT2D eigenvalue weighted by Crippen LogP contribution is 2.13. The quantitative estimate of drug-likeness (QED) is 0.626.